The highest BCUT2D eigenvalue weighted by Crippen LogP contribution is 2.39. The summed E-state index contributed by atoms with van der Waals surface area (Å²) < 4.78 is 58.2. The van der Waals surface area contributed by atoms with Crippen LogP contribution in [0.25, 0.3) is 65.7 Å². The van der Waals surface area contributed by atoms with E-state index in [0.717, 1.165) is 119 Å². The number of piperidine rings is 3. The Morgan fingerprint density at radius 3 is 1.35 bits per heavy atom. The maximum absolute atomic E-state index is 12.7. The first kappa shape index (κ1) is 72.8. The number of aromatic amines is 5. The molecule has 19 nitrogen and oxygen atoms in total. The van der Waals surface area contributed by atoms with E-state index in [-0.39, 0.29) is 24.2 Å². The van der Waals surface area contributed by atoms with Gasteiger partial charge in [-0.1, -0.05) is 110 Å². The Balaban J connectivity index is 0.000000116. The molecule has 1 aliphatic carbocycles. The summed E-state index contributed by atoms with van der Waals surface area (Å²) in [5, 5.41) is 15.1. The summed E-state index contributed by atoms with van der Waals surface area (Å²) in [6, 6.07) is 48.1. The van der Waals surface area contributed by atoms with E-state index in [0.29, 0.717) is 73.6 Å². The van der Waals surface area contributed by atoms with Crippen LogP contribution in [-0.4, -0.2) is 173 Å². The number of nitrogens with zero attached hydrogens (tertiary/aromatic N) is 5. The van der Waals surface area contributed by atoms with Gasteiger partial charge >= 0.3 is 0 Å². The van der Waals surface area contributed by atoms with Crippen LogP contribution in [0.15, 0.2) is 194 Å². The molecule has 21 heteroatoms. The number of methoxy groups -OCH3 is 1. The summed E-state index contributed by atoms with van der Waals surface area (Å²) in [7, 11) is -4.74. The number of carbonyl (C=O) groups excluding carboxylic acids is 3. The molecular weight excluding hydrogens is 1350 g/mol. The van der Waals surface area contributed by atoms with E-state index >= 15 is 0 Å². The molecule has 5 aliphatic heterocycles. The molecule has 0 atom stereocenters. The van der Waals surface area contributed by atoms with Gasteiger partial charge in [-0.3, -0.25) is 14.4 Å². The monoisotopic (exact) mass is 1440 g/mol. The number of fused-ring (bicyclic) bond motifs is 5. The Labute approximate surface area is 609 Å². The molecule has 6 N–H and O–H groups in total. The standard InChI is InChI=1S/C19H20N2O2S.C17H18N2O.C16H22N2O2S.C16H18N2O2.C15H18N2O2/c22-24(23,16-6-2-1-3-7-16)21-12-10-15(11-13-21)18-14-20-19-9-5-4-8-17(18)19;20-17(13-5-6-13)19-9-7-12(8-10-19)15-11-18-16-4-2-1-3-14(15)16;1-2-11-21(19,20)18-9-7-13(8-10-18)15-12-17-16-6-4-3-5-14(15)16;1-11(19)18-7-5-12(6-8-18)15-10-17-16-4-3-13(20-2)9-14(15)16;18-10-15(19)17-7-5-11(6-8-17)13-9-16-14-4-2-1-3-12(13)14/h1-9,14-15,20H,10-13H2;1-4,7,11,13,18H,5-6,8-10H2;3-6,12-13,17H,2,7-11H2,1H3;3-5,9-10,17H,6-8H2,1-2H3;1-4,9,11,16,18H,5-8,10H2. The van der Waals surface area contributed by atoms with Crippen LogP contribution in [0.4, 0.5) is 0 Å². The van der Waals surface area contributed by atoms with E-state index in [2.05, 4.69) is 141 Å². The van der Waals surface area contributed by atoms with Crippen LogP contribution in [0.3, 0.4) is 0 Å². The number of aromatic nitrogens is 5. The van der Waals surface area contributed by atoms with Gasteiger partial charge in [0.05, 0.1) is 17.8 Å². The van der Waals surface area contributed by atoms with E-state index in [1.54, 1.807) is 51.8 Å². The lowest BCUT2D eigenvalue weighted by Crippen LogP contribution is -2.39. The molecule has 5 aromatic heterocycles. The SMILES string of the molecule is CCCS(=O)(=O)N1CCC(c2c[nH]c3ccccc23)CC1.COc1ccc2[nH]cc(C3=CCN(C(C)=O)CC3)c2c1.O=C(C1CC1)N1CC=C(c2c[nH]c3ccccc23)CC1.O=C(CO)N1CCC(c2c[nH]c3ccccc23)CC1.O=S(=O)(c1ccccc1)N1CCC(c2c[nH]c3ccccc23)CC1. The number of para-hydroxylation sites is 4. The molecule has 6 aromatic carbocycles. The minimum absolute atomic E-state index is 0.140. The number of sulfonamides is 2. The van der Waals surface area contributed by atoms with Crippen LogP contribution < -0.4 is 4.74 Å². The fourth-order valence-electron chi connectivity index (χ4n) is 15.5. The number of ether oxygens (including phenoxy) is 1. The number of aliphatic hydroxyl groups is 1. The topological polar surface area (TPSA) is 244 Å². The molecule has 3 amide bonds. The smallest absolute Gasteiger partial charge is 0.248 e. The molecule has 10 heterocycles. The van der Waals surface area contributed by atoms with Crippen molar-refractivity contribution in [2.24, 2.45) is 5.92 Å². The van der Waals surface area contributed by atoms with Gasteiger partial charge in [0.25, 0.3) is 0 Å². The van der Waals surface area contributed by atoms with Crippen molar-refractivity contribution in [3.05, 3.63) is 217 Å². The lowest BCUT2D eigenvalue weighted by atomic mass is 9.89. The number of hydrogen-bond acceptors (Lipinski definition) is 9. The molecule has 17 rings (SSSR count). The Morgan fingerprint density at radius 2 is 0.894 bits per heavy atom. The number of carbonyl (C=O) groups is 3. The Bertz CT molecular complexity index is 5080. The molecule has 4 fully saturated rings. The molecule has 0 radical (unpaired) electrons. The molecule has 1 saturated carbocycles. The van der Waals surface area contributed by atoms with Crippen molar-refractivity contribution in [2.75, 3.05) is 84.9 Å². The fourth-order valence-corrected chi connectivity index (χ4v) is 18.6. The van der Waals surface area contributed by atoms with Gasteiger partial charge in [-0.2, -0.15) is 4.31 Å². The highest BCUT2D eigenvalue weighted by atomic mass is 32.2. The van der Waals surface area contributed by atoms with Crippen molar-refractivity contribution in [1.82, 2.24) is 48.2 Å². The molecule has 0 spiro atoms. The summed E-state index contributed by atoms with van der Waals surface area (Å²) in [4.78, 5) is 57.4. The van der Waals surface area contributed by atoms with Gasteiger partial charge in [0.1, 0.15) is 12.4 Å². The molecule has 104 heavy (non-hydrogen) atoms. The quantitative estimate of drug-likeness (QED) is 0.0642. The Hall–Kier alpha value is -9.51. The van der Waals surface area contributed by atoms with Crippen molar-refractivity contribution in [1.29, 1.82) is 0 Å². The lowest BCUT2D eigenvalue weighted by Gasteiger charge is -2.31. The number of likely N-dealkylation sites (tertiary alicyclic amines) is 1. The summed E-state index contributed by atoms with van der Waals surface area (Å²) in [5.74, 6) is 3.16. The Morgan fingerprint density at radius 1 is 0.471 bits per heavy atom. The predicted molar refractivity (Wildman–Crippen MR) is 415 cm³/mol. The van der Waals surface area contributed by atoms with Gasteiger partial charge in [0, 0.05) is 175 Å². The first-order valence-corrected chi connectivity index (χ1v) is 39.9. The average Bonchev–Trinajstić information content (AvgIpc) is 1.39. The van der Waals surface area contributed by atoms with Gasteiger partial charge in [-0.15, -0.1) is 0 Å². The number of benzene rings is 6. The second-order valence-electron chi connectivity index (χ2n) is 28.0. The largest absolute Gasteiger partial charge is 0.497 e. The first-order valence-electron chi connectivity index (χ1n) is 36.8. The highest BCUT2D eigenvalue weighted by molar-refractivity contribution is 7.89. The second kappa shape index (κ2) is 33.1. The zero-order valence-electron chi connectivity index (χ0n) is 59.7. The third-order valence-corrected chi connectivity index (χ3v) is 25.6. The Kier molecular flexibility index (Phi) is 23.2. The second-order valence-corrected chi connectivity index (χ2v) is 32.0. The molecular formula is C83H96N10O9S2. The van der Waals surface area contributed by atoms with Crippen LogP contribution in [0.5, 0.6) is 5.75 Å². The molecule has 6 aliphatic rings. The van der Waals surface area contributed by atoms with Gasteiger partial charge in [0.15, 0.2) is 0 Å². The number of nitrogens with one attached hydrogen (secondary N) is 5. The van der Waals surface area contributed by atoms with Crippen LogP contribution >= 0.6 is 0 Å². The van der Waals surface area contributed by atoms with Crippen molar-refractivity contribution < 1.29 is 41.1 Å². The summed E-state index contributed by atoms with van der Waals surface area (Å²) in [6.07, 6.45) is 24.9. The normalized spacial score (nSPS) is 17.4. The number of hydrogen-bond donors (Lipinski definition) is 6. The van der Waals surface area contributed by atoms with Gasteiger partial charge in [0.2, 0.25) is 37.8 Å². The third kappa shape index (κ3) is 16.7. The van der Waals surface area contributed by atoms with E-state index in [9.17, 15) is 31.2 Å². The van der Waals surface area contributed by atoms with Crippen LogP contribution in [-0.2, 0) is 34.4 Å². The minimum Gasteiger partial charge on any atom is -0.497 e. The fraction of sp³-hybridized carbons (Fsp3) is 0.361. The molecule has 11 aromatic rings. The van der Waals surface area contributed by atoms with Crippen LogP contribution in [0.2, 0.25) is 0 Å². The third-order valence-electron chi connectivity index (χ3n) is 21.6. The number of amides is 3. The maximum Gasteiger partial charge on any atom is 0.248 e. The van der Waals surface area contributed by atoms with Gasteiger partial charge in [-0.05, 0) is 171 Å². The number of H-pyrrole nitrogens is 5. The summed E-state index contributed by atoms with van der Waals surface area (Å²) >= 11 is 0. The maximum atomic E-state index is 12.7. The van der Waals surface area contributed by atoms with Crippen LogP contribution in [0.1, 0.15) is 130 Å². The first-order chi connectivity index (χ1) is 50.6. The molecule has 0 unspecified atom stereocenters. The van der Waals surface area contributed by atoms with Crippen molar-refractivity contribution in [3.8, 4) is 5.75 Å². The van der Waals surface area contributed by atoms with Gasteiger partial charge in [-0.25, -0.2) is 21.1 Å². The van der Waals surface area contributed by atoms with Crippen LogP contribution in [0, 0.1) is 5.92 Å². The van der Waals surface area contributed by atoms with Crippen molar-refractivity contribution in [2.45, 2.75) is 107 Å². The van der Waals surface area contributed by atoms with Crippen molar-refractivity contribution >= 4 is 103 Å². The van der Waals surface area contributed by atoms with Crippen molar-refractivity contribution in [3.63, 3.8) is 0 Å². The molecule has 3 saturated heterocycles. The van der Waals surface area contributed by atoms with Gasteiger partial charge < -0.3 is 49.5 Å². The number of aliphatic hydroxyl groups excluding tert-OH is 1. The zero-order chi connectivity index (χ0) is 72.3. The van der Waals surface area contributed by atoms with E-state index in [4.69, 9.17) is 9.84 Å². The van der Waals surface area contributed by atoms with E-state index < -0.39 is 20.0 Å². The molecule has 0 bridgehead atoms. The zero-order valence-corrected chi connectivity index (χ0v) is 61.4. The highest BCUT2D eigenvalue weighted by Gasteiger charge is 2.35. The lowest BCUT2D eigenvalue weighted by molar-refractivity contribution is -0.135. The van der Waals surface area contributed by atoms with E-state index in [1.165, 1.54) is 76.9 Å². The molecule has 544 valence electrons. The summed E-state index contributed by atoms with van der Waals surface area (Å²) in [5.41, 5.74) is 14.9. The predicted octanol–water partition coefficient (Wildman–Crippen LogP) is 14.7. The number of rotatable bonds is 13. The average molecular weight is 1440 g/mol. The van der Waals surface area contributed by atoms with E-state index in [1.807, 2.05) is 65.4 Å². The summed E-state index contributed by atoms with van der Waals surface area (Å²) in [6.45, 7) is 10.2. The minimum atomic E-state index is -3.37.